The van der Waals surface area contributed by atoms with Crippen LogP contribution in [0.1, 0.15) is 32.6 Å². The Kier molecular flexibility index (Phi) is 5.41. The Bertz CT molecular complexity index is 329. The Morgan fingerprint density at radius 1 is 1.35 bits per heavy atom. The number of likely N-dealkylation sites (N-methyl/N-ethyl adjacent to an activating group) is 1. The molecule has 1 saturated carbocycles. The molecule has 5 nitrogen and oxygen atoms in total. The van der Waals surface area contributed by atoms with Gasteiger partial charge in [-0.2, -0.15) is 0 Å². The van der Waals surface area contributed by atoms with Crippen LogP contribution in [0.15, 0.2) is 0 Å². The van der Waals surface area contributed by atoms with Crippen molar-refractivity contribution < 1.29 is 9.53 Å². The molecule has 20 heavy (non-hydrogen) atoms. The molecule has 1 saturated heterocycles. The van der Waals surface area contributed by atoms with Crippen molar-refractivity contribution in [1.82, 2.24) is 9.80 Å². The molecule has 0 spiro atoms. The molecule has 0 aromatic carbocycles. The van der Waals surface area contributed by atoms with Crippen molar-refractivity contribution in [2.45, 2.75) is 38.2 Å². The van der Waals surface area contributed by atoms with E-state index in [1.807, 2.05) is 4.90 Å². The molecule has 2 aliphatic rings. The van der Waals surface area contributed by atoms with Crippen LogP contribution in [0, 0.1) is 5.92 Å². The average Bonchev–Trinajstić information content (AvgIpc) is 2.45. The van der Waals surface area contributed by atoms with E-state index in [1.165, 1.54) is 6.42 Å². The summed E-state index contributed by atoms with van der Waals surface area (Å²) in [6.45, 7) is 6.47. The van der Waals surface area contributed by atoms with E-state index in [1.54, 1.807) is 0 Å². The van der Waals surface area contributed by atoms with Gasteiger partial charge in [-0.05, 0) is 25.8 Å². The van der Waals surface area contributed by atoms with Crippen molar-refractivity contribution >= 4 is 5.91 Å². The van der Waals surface area contributed by atoms with Crippen molar-refractivity contribution in [3.05, 3.63) is 0 Å². The maximum Gasteiger partial charge on any atom is 0.248 e. The number of ether oxygens (including phenoxy) is 1. The number of amides is 1. The van der Waals surface area contributed by atoms with Crippen LogP contribution in [0.5, 0.6) is 0 Å². The van der Waals surface area contributed by atoms with E-state index in [0.717, 1.165) is 45.4 Å². The molecule has 1 amide bonds. The van der Waals surface area contributed by atoms with Crippen LogP contribution in [-0.4, -0.2) is 67.7 Å². The zero-order valence-corrected chi connectivity index (χ0v) is 12.9. The van der Waals surface area contributed by atoms with Gasteiger partial charge in [0.15, 0.2) is 0 Å². The second kappa shape index (κ2) is 6.87. The number of carbonyl (C=O) groups excluding carboxylic acids is 1. The Hall–Kier alpha value is -0.650. The van der Waals surface area contributed by atoms with E-state index in [0.29, 0.717) is 12.5 Å². The van der Waals surface area contributed by atoms with Crippen LogP contribution >= 0.6 is 0 Å². The highest BCUT2D eigenvalue weighted by molar-refractivity contribution is 5.77. The second-order valence-corrected chi connectivity index (χ2v) is 6.56. The molecular formula is C15H29N3O2. The van der Waals surface area contributed by atoms with Crippen LogP contribution in [0.4, 0.5) is 0 Å². The van der Waals surface area contributed by atoms with Crippen molar-refractivity contribution in [3.63, 3.8) is 0 Å². The Labute approximate surface area is 122 Å². The molecule has 2 N–H and O–H groups in total. The van der Waals surface area contributed by atoms with Gasteiger partial charge in [-0.15, -0.1) is 0 Å². The molecule has 0 bridgehead atoms. The Morgan fingerprint density at radius 3 is 2.65 bits per heavy atom. The first kappa shape index (κ1) is 15.7. The smallest absolute Gasteiger partial charge is 0.248 e. The second-order valence-electron chi connectivity index (χ2n) is 6.56. The van der Waals surface area contributed by atoms with Gasteiger partial charge in [0.05, 0.1) is 5.60 Å². The number of hydrogen-bond donors (Lipinski definition) is 1. The van der Waals surface area contributed by atoms with Gasteiger partial charge >= 0.3 is 0 Å². The molecule has 0 aromatic heterocycles. The topological polar surface area (TPSA) is 58.8 Å². The monoisotopic (exact) mass is 283 g/mol. The van der Waals surface area contributed by atoms with E-state index in [-0.39, 0.29) is 18.1 Å². The molecule has 5 heteroatoms. The number of nitrogens with zero attached hydrogens (tertiary/aromatic N) is 2. The van der Waals surface area contributed by atoms with Gasteiger partial charge in [-0.3, -0.25) is 4.79 Å². The van der Waals surface area contributed by atoms with E-state index < -0.39 is 0 Å². The SMILES string of the molecule is CC1CCCC(CN)(OCC(=O)N2CCN(C)CC2)C1. The molecule has 0 aromatic rings. The zero-order valence-electron chi connectivity index (χ0n) is 12.9. The van der Waals surface area contributed by atoms with Crippen LogP contribution in [-0.2, 0) is 9.53 Å². The summed E-state index contributed by atoms with van der Waals surface area (Å²) in [5, 5.41) is 0. The lowest BCUT2D eigenvalue weighted by Gasteiger charge is -2.40. The summed E-state index contributed by atoms with van der Waals surface area (Å²) in [5.74, 6) is 0.759. The van der Waals surface area contributed by atoms with Crippen LogP contribution < -0.4 is 5.73 Å². The highest BCUT2D eigenvalue weighted by Gasteiger charge is 2.35. The normalized spacial score (nSPS) is 32.4. The molecule has 2 rings (SSSR count). The van der Waals surface area contributed by atoms with E-state index in [4.69, 9.17) is 10.5 Å². The number of hydrogen-bond acceptors (Lipinski definition) is 4. The molecule has 0 radical (unpaired) electrons. The molecular weight excluding hydrogens is 254 g/mol. The highest BCUT2D eigenvalue weighted by atomic mass is 16.5. The van der Waals surface area contributed by atoms with Crippen LogP contribution in [0.25, 0.3) is 0 Å². The first-order chi connectivity index (χ1) is 9.54. The fourth-order valence-electron chi connectivity index (χ4n) is 3.35. The van der Waals surface area contributed by atoms with E-state index >= 15 is 0 Å². The first-order valence-electron chi connectivity index (χ1n) is 7.85. The largest absolute Gasteiger partial charge is 0.364 e. The van der Waals surface area contributed by atoms with E-state index in [2.05, 4.69) is 18.9 Å². The fourth-order valence-corrected chi connectivity index (χ4v) is 3.35. The zero-order chi connectivity index (χ0) is 14.6. The summed E-state index contributed by atoms with van der Waals surface area (Å²) in [7, 11) is 2.09. The first-order valence-corrected chi connectivity index (χ1v) is 7.85. The van der Waals surface area contributed by atoms with Crippen molar-refractivity contribution in [1.29, 1.82) is 0 Å². The maximum absolute atomic E-state index is 12.2. The Morgan fingerprint density at radius 2 is 2.05 bits per heavy atom. The van der Waals surface area contributed by atoms with Gasteiger partial charge in [-0.1, -0.05) is 19.8 Å². The minimum atomic E-state index is -0.264. The lowest BCUT2D eigenvalue weighted by atomic mass is 9.79. The molecule has 2 fully saturated rings. The van der Waals surface area contributed by atoms with Crippen molar-refractivity contribution in [2.75, 3.05) is 46.4 Å². The predicted octanol–water partition coefficient (Wildman–Crippen LogP) is 0.685. The minimum absolute atomic E-state index is 0.115. The predicted molar refractivity (Wildman–Crippen MR) is 79.4 cm³/mol. The molecule has 116 valence electrons. The molecule has 1 heterocycles. The quantitative estimate of drug-likeness (QED) is 0.824. The third kappa shape index (κ3) is 3.93. The van der Waals surface area contributed by atoms with Gasteiger partial charge in [0.25, 0.3) is 0 Å². The number of piperazine rings is 1. The summed E-state index contributed by atoms with van der Waals surface area (Å²) in [5.41, 5.74) is 5.66. The third-order valence-corrected chi connectivity index (χ3v) is 4.78. The van der Waals surface area contributed by atoms with Gasteiger partial charge in [-0.25, -0.2) is 0 Å². The lowest BCUT2D eigenvalue weighted by Crippen LogP contribution is -2.50. The van der Waals surface area contributed by atoms with Crippen LogP contribution in [0.3, 0.4) is 0 Å². The summed E-state index contributed by atoms with van der Waals surface area (Å²) in [6, 6.07) is 0. The van der Waals surface area contributed by atoms with Crippen molar-refractivity contribution in [3.8, 4) is 0 Å². The summed E-state index contributed by atoms with van der Waals surface area (Å²) in [6.07, 6.45) is 4.38. The van der Waals surface area contributed by atoms with Crippen LogP contribution in [0.2, 0.25) is 0 Å². The summed E-state index contributed by atoms with van der Waals surface area (Å²) >= 11 is 0. The lowest BCUT2D eigenvalue weighted by molar-refractivity contribution is -0.148. The molecule has 1 aliphatic heterocycles. The number of carbonyl (C=O) groups is 1. The third-order valence-electron chi connectivity index (χ3n) is 4.78. The molecule has 2 unspecified atom stereocenters. The molecule has 1 aliphatic carbocycles. The number of nitrogens with two attached hydrogens (primary N) is 1. The fraction of sp³-hybridized carbons (Fsp3) is 0.933. The number of rotatable bonds is 4. The van der Waals surface area contributed by atoms with Gasteiger partial charge in [0.1, 0.15) is 6.61 Å². The maximum atomic E-state index is 12.2. The Balaban J connectivity index is 1.82. The van der Waals surface area contributed by atoms with Gasteiger partial charge in [0, 0.05) is 32.7 Å². The van der Waals surface area contributed by atoms with E-state index in [9.17, 15) is 4.79 Å². The summed E-state index contributed by atoms with van der Waals surface area (Å²) < 4.78 is 6.00. The van der Waals surface area contributed by atoms with Gasteiger partial charge < -0.3 is 20.3 Å². The summed E-state index contributed by atoms with van der Waals surface area (Å²) in [4.78, 5) is 16.4. The van der Waals surface area contributed by atoms with Gasteiger partial charge in [0.2, 0.25) is 5.91 Å². The standard InChI is InChI=1S/C15H29N3O2/c1-13-4-3-5-15(10-13,12-16)20-11-14(19)18-8-6-17(2)7-9-18/h13H,3-12,16H2,1-2H3. The van der Waals surface area contributed by atoms with Crippen molar-refractivity contribution in [2.24, 2.45) is 11.7 Å². The average molecular weight is 283 g/mol. The molecule has 2 atom stereocenters. The minimum Gasteiger partial charge on any atom is -0.364 e. The highest BCUT2D eigenvalue weighted by Crippen LogP contribution is 2.34.